The van der Waals surface area contributed by atoms with Crippen molar-refractivity contribution in [3.05, 3.63) is 40.2 Å². The van der Waals surface area contributed by atoms with Gasteiger partial charge in [0.25, 0.3) is 0 Å². The van der Waals surface area contributed by atoms with E-state index < -0.39 is 0 Å². The smallest absolute Gasteiger partial charge is 0.149 e. The highest BCUT2D eigenvalue weighted by Gasteiger charge is 2.07. The highest BCUT2D eigenvalue weighted by molar-refractivity contribution is 7.09. The zero-order valence-corrected chi connectivity index (χ0v) is 10.9. The molecule has 2 aromatic heterocycles. The SMILES string of the molecule is Cc1cnc(NC(C)Cc2cccs2)c(N)c1. The zero-order valence-electron chi connectivity index (χ0n) is 10.1. The van der Waals surface area contributed by atoms with Gasteiger partial charge in [0.05, 0.1) is 5.69 Å². The lowest BCUT2D eigenvalue weighted by Crippen LogP contribution is -2.19. The van der Waals surface area contributed by atoms with Gasteiger partial charge in [-0.15, -0.1) is 11.3 Å². The third kappa shape index (κ3) is 3.20. The number of nitrogens with one attached hydrogen (secondary N) is 1. The second kappa shape index (κ2) is 5.19. The van der Waals surface area contributed by atoms with Crippen molar-refractivity contribution in [1.29, 1.82) is 0 Å². The van der Waals surface area contributed by atoms with Crippen LogP contribution < -0.4 is 11.1 Å². The molecule has 3 nitrogen and oxygen atoms in total. The van der Waals surface area contributed by atoms with Crippen molar-refractivity contribution in [3.8, 4) is 0 Å². The number of aromatic nitrogens is 1. The van der Waals surface area contributed by atoms with Crippen molar-refractivity contribution in [3.63, 3.8) is 0 Å². The van der Waals surface area contributed by atoms with Crippen molar-refractivity contribution in [1.82, 2.24) is 4.98 Å². The van der Waals surface area contributed by atoms with Crippen molar-refractivity contribution < 1.29 is 0 Å². The number of hydrogen-bond acceptors (Lipinski definition) is 4. The lowest BCUT2D eigenvalue weighted by molar-refractivity contribution is 0.795. The second-order valence-corrected chi connectivity index (χ2v) is 5.31. The van der Waals surface area contributed by atoms with Crippen molar-refractivity contribution in [2.75, 3.05) is 11.1 Å². The molecule has 2 aromatic rings. The third-order valence-corrected chi connectivity index (χ3v) is 3.42. The minimum atomic E-state index is 0.325. The molecule has 3 N–H and O–H groups in total. The molecule has 0 fully saturated rings. The molecular formula is C13H17N3S. The van der Waals surface area contributed by atoms with Gasteiger partial charge in [-0.25, -0.2) is 4.98 Å². The molecule has 4 heteroatoms. The molecule has 0 bridgehead atoms. The van der Waals surface area contributed by atoms with Gasteiger partial charge in [0.15, 0.2) is 0 Å². The average Bonchev–Trinajstić information content (AvgIpc) is 2.75. The maximum Gasteiger partial charge on any atom is 0.149 e. The molecule has 90 valence electrons. The van der Waals surface area contributed by atoms with Gasteiger partial charge in [0.2, 0.25) is 0 Å². The molecule has 17 heavy (non-hydrogen) atoms. The van der Waals surface area contributed by atoms with Gasteiger partial charge < -0.3 is 11.1 Å². The minimum absolute atomic E-state index is 0.325. The van der Waals surface area contributed by atoms with Crippen LogP contribution in [-0.2, 0) is 6.42 Å². The first-order chi connectivity index (χ1) is 8.15. The highest BCUT2D eigenvalue weighted by Crippen LogP contribution is 2.18. The Balaban J connectivity index is 2.00. The Bertz CT molecular complexity index is 479. The number of thiophene rings is 1. The molecule has 1 unspecified atom stereocenters. The number of nitrogen functional groups attached to an aromatic ring is 1. The van der Waals surface area contributed by atoms with Gasteiger partial charge >= 0.3 is 0 Å². The van der Waals surface area contributed by atoms with E-state index in [1.807, 2.05) is 19.2 Å². The number of aryl methyl sites for hydroxylation is 1. The Labute approximate surface area is 106 Å². The largest absolute Gasteiger partial charge is 0.396 e. The average molecular weight is 247 g/mol. The molecule has 0 aliphatic heterocycles. The molecule has 0 spiro atoms. The summed E-state index contributed by atoms with van der Waals surface area (Å²) in [6.45, 7) is 4.13. The maximum atomic E-state index is 5.92. The second-order valence-electron chi connectivity index (χ2n) is 4.28. The first kappa shape index (κ1) is 11.9. The fourth-order valence-corrected chi connectivity index (χ4v) is 2.56. The van der Waals surface area contributed by atoms with Crippen LogP contribution in [0.2, 0.25) is 0 Å². The van der Waals surface area contributed by atoms with E-state index in [0.717, 1.165) is 17.8 Å². The number of anilines is 2. The third-order valence-electron chi connectivity index (χ3n) is 2.52. The first-order valence-electron chi connectivity index (χ1n) is 5.66. The molecule has 0 amide bonds. The van der Waals surface area contributed by atoms with E-state index in [1.54, 1.807) is 11.3 Å². The lowest BCUT2D eigenvalue weighted by atomic mass is 10.2. The van der Waals surface area contributed by atoms with Crippen molar-refractivity contribution in [2.45, 2.75) is 26.3 Å². The Morgan fingerprint density at radius 2 is 2.35 bits per heavy atom. The molecular weight excluding hydrogens is 230 g/mol. The predicted octanol–water partition coefficient (Wildman–Crippen LogP) is 3.08. The van der Waals surface area contributed by atoms with Crippen molar-refractivity contribution in [2.24, 2.45) is 0 Å². The summed E-state index contributed by atoms with van der Waals surface area (Å²) in [5.41, 5.74) is 7.71. The summed E-state index contributed by atoms with van der Waals surface area (Å²) in [6, 6.07) is 6.49. The van der Waals surface area contributed by atoms with E-state index in [-0.39, 0.29) is 0 Å². The topological polar surface area (TPSA) is 50.9 Å². The van der Waals surface area contributed by atoms with Crippen LogP contribution in [0.4, 0.5) is 11.5 Å². The summed E-state index contributed by atoms with van der Waals surface area (Å²) >= 11 is 1.78. The standard InChI is InChI=1S/C13H17N3S/c1-9-6-12(14)13(15-8-9)16-10(2)7-11-4-3-5-17-11/h3-6,8,10H,7,14H2,1-2H3,(H,15,16). The van der Waals surface area contributed by atoms with Crippen LogP contribution in [0.3, 0.4) is 0 Å². The van der Waals surface area contributed by atoms with Gasteiger partial charge in [-0.2, -0.15) is 0 Å². The summed E-state index contributed by atoms with van der Waals surface area (Å²) < 4.78 is 0. The summed E-state index contributed by atoms with van der Waals surface area (Å²) in [7, 11) is 0. The van der Waals surface area contributed by atoms with Crippen LogP contribution in [0.5, 0.6) is 0 Å². The van der Waals surface area contributed by atoms with Crippen LogP contribution in [0.1, 0.15) is 17.4 Å². The van der Waals surface area contributed by atoms with Gasteiger partial charge in [-0.3, -0.25) is 0 Å². The van der Waals surface area contributed by atoms with Gasteiger partial charge in [0.1, 0.15) is 5.82 Å². The molecule has 0 saturated heterocycles. The monoisotopic (exact) mass is 247 g/mol. The van der Waals surface area contributed by atoms with Crippen molar-refractivity contribution >= 4 is 22.8 Å². The number of pyridine rings is 1. The van der Waals surface area contributed by atoms with E-state index in [0.29, 0.717) is 11.7 Å². The maximum absolute atomic E-state index is 5.92. The highest BCUT2D eigenvalue weighted by atomic mass is 32.1. The molecule has 0 aliphatic carbocycles. The Morgan fingerprint density at radius 1 is 1.53 bits per heavy atom. The number of rotatable bonds is 4. The lowest BCUT2D eigenvalue weighted by Gasteiger charge is -2.15. The van der Waals surface area contributed by atoms with E-state index in [9.17, 15) is 0 Å². The zero-order chi connectivity index (χ0) is 12.3. The van der Waals surface area contributed by atoms with Crippen LogP contribution in [0, 0.1) is 6.92 Å². The predicted molar refractivity (Wildman–Crippen MR) is 74.5 cm³/mol. The Morgan fingerprint density at radius 3 is 3.00 bits per heavy atom. The van der Waals surface area contributed by atoms with E-state index >= 15 is 0 Å². The quantitative estimate of drug-likeness (QED) is 0.873. The Hall–Kier alpha value is -1.55. The molecule has 2 heterocycles. The molecule has 0 saturated carbocycles. The number of hydrogen-bond donors (Lipinski definition) is 2. The van der Waals surface area contributed by atoms with Gasteiger partial charge in [0, 0.05) is 23.5 Å². The van der Waals surface area contributed by atoms with Gasteiger partial charge in [-0.05, 0) is 36.9 Å². The normalized spacial score (nSPS) is 12.4. The summed E-state index contributed by atoms with van der Waals surface area (Å²) in [5, 5.41) is 5.44. The van der Waals surface area contributed by atoms with Crippen LogP contribution in [0.25, 0.3) is 0 Å². The Kier molecular flexibility index (Phi) is 3.64. The van der Waals surface area contributed by atoms with Crippen LogP contribution >= 0.6 is 11.3 Å². The number of nitrogens with zero attached hydrogens (tertiary/aromatic N) is 1. The molecule has 0 aromatic carbocycles. The van der Waals surface area contributed by atoms with Crippen LogP contribution in [-0.4, -0.2) is 11.0 Å². The van der Waals surface area contributed by atoms with E-state index in [4.69, 9.17) is 5.73 Å². The van der Waals surface area contributed by atoms with Crippen LogP contribution in [0.15, 0.2) is 29.8 Å². The summed E-state index contributed by atoms with van der Waals surface area (Å²) in [6.07, 6.45) is 2.82. The van der Waals surface area contributed by atoms with E-state index in [2.05, 4.69) is 34.7 Å². The van der Waals surface area contributed by atoms with E-state index in [1.165, 1.54) is 4.88 Å². The summed E-state index contributed by atoms with van der Waals surface area (Å²) in [4.78, 5) is 5.69. The molecule has 0 radical (unpaired) electrons. The molecule has 0 aliphatic rings. The fraction of sp³-hybridized carbons (Fsp3) is 0.308. The van der Waals surface area contributed by atoms with Gasteiger partial charge in [-0.1, -0.05) is 6.07 Å². The number of nitrogens with two attached hydrogens (primary N) is 1. The molecule has 1 atom stereocenters. The summed E-state index contributed by atoms with van der Waals surface area (Å²) in [5.74, 6) is 0.777. The first-order valence-corrected chi connectivity index (χ1v) is 6.54. The minimum Gasteiger partial charge on any atom is -0.396 e. The molecule has 2 rings (SSSR count). The fourth-order valence-electron chi connectivity index (χ4n) is 1.73.